The maximum absolute atomic E-state index is 11.2. The summed E-state index contributed by atoms with van der Waals surface area (Å²) >= 11 is 0. The van der Waals surface area contributed by atoms with Gasteiger partial charge < -0.3 is 0 Å². The van der Waals surface area contributed by atoms with Gasteiger partial charge in [0.15, 0.2) is 0 Å². The van der Waals surface area contributed by atoms with Crippen LogP contribution in [0.4, 0.5) is 0 Å². The molecule has 0 amide bonds. The van der Waals surface area contributed by atoms with Crippen LogP contribution in [-0.4, -0.2) is 25.6 Å². The second-order valence-electron chi connectivity index (χ2n) is 3.10. The van der Waals surface area contributed by atoms with E-state index in [1.807, 2.05) is 0 Å². The van der Waals surface area contributed by atoms with Crippen molar-refractivity contribution in [2.24, 2.45) is 5.41 Å². The third-order valence-electron chi connectivity index (χ3n) is 2.24. The Hall–Kier alpha value is -0.220. The predicted molar refractivity (Wildman–Crippen MR) is 38.6 cm³/mol. The molecule has 3 saturated heterocycles. The predicted octanol–water partition coefficient (Wildman–Crippen LogP) is 0.747. The molecule has 5 nitrogen and oxygen atoms in total. The Bertz CT molecular complexity index is 242. The Labute approximate surface area is 69.6 Å². The lowest BCUT2D eigenvalue weighted by Crippen LogP contribution is -2.49. The molecular formula is C6H9O5P. The first kappa shape index (κ1) is 8.38. The molecule has 3 rings (SSSR count). The van der Waals surface area contributed by atoms with Crippen LogP contribution in [0.3, 0.4) is 0 Å². The standard InChI is InChI=1S/C6H9O5P/c1-5(7)6-2-9-12(8,10-3-6)11-4-6/h2-4H2,1H3. The number of Topliss-reactive ketones (excluding diaryl/α,β-unsaturated/α-hetero) is 1. The Morgan fingerprint density at radius 3 is 2.00 bits per heavy atom. The largest absolute Gasteiger partial charge is 0.474 e. The van der Waals surface area contributed by atoms with Gasteiger partial charge in [-0.05, 0) is 6.92 Å². The normalized spacial score (nSPS) is 46.1. The Kier molecular flexibility index (Phi) is 1.67. The average Bonchev–Trinajstić information content (AvgIpc) is 2.06. The minimum absolute atomic E-state index is 0.0477. The molecule has 0 aliphatic carbocycles. The van der Waals surface area contributed by atoms with Gasteiger partial charge in [-0.15, -0.1) is 0 Å². The van der Waals surface area contributed by atoms with Gasteiger partial charge in [0.25, 0.3) is 0 Å². The summed E-state index contributed by atoms with van der Waals surface area (Å²) in [6.45, 7) is 1.91. The van der Waals surface area contributed by atoms with Gasteiger partial charge in [0.1, 0.15) is 11.2 Å². The number of hydrogen-bond donors (Lipinski definition) is 0. The van der Waals surface area contributed by atoms with E-state index in [2.05, 4.69) is 0 Å². The molecule has 0 aromatic carbocycles. The van der Waals surface area contributed by atoms with Gasteiger partial charge in [-0.3, -0.25) is 18.4 Å². The minimum Gasteiger partial charge on any atom is -0.299 e. The number of ketones is 1. The summed E-state index contributed by atoms with van der Waals surface area (Å²) in [6, 6.07) is 0. The third-order valence-corrected chi connectivity index (χ3v) is 3.58. The van der Waals surface area contributed by atoms with E-state index in [0.717, 1.165) is 0 Å². The Morgan fingerprint density at radius 1 is 1.25 bits per heavy atom. The zero-order valence-electron chi connectivity index (χ0n) is 6.61. The third kappa shape index (κ3) is 1.05. The molecule has 0 saturated carbocycles. The van der Waals surface area contributed by atoms with Crippen LogP contribution in [0.25, 0.3) is 0 Å². The highest BCUT2D eigenvalue weighted by Gasteiger charge is 2.53. The van der Waals surface area contributed by atoms with Crippen molar-refractivity contribution in [2.75, 3.05) is 19.8 Å². The van der Waals surface area contributed by atoms with Crippen molar-refractivity contribution < 1.29 is 22.9 Å². The molecule has 0 aromatic heterocycles. The average molecular weight is 192 g/mol. The quantitative estimate of drug-likeness (QED) is 0.573. The fourth-order valence-electron chi connectivity index (χ4n) is 1.15. The van der Waals surface area contributed by atoms with Crippen molar-refractivity contribution in [3.05, 3.63) is 0 Å². The van der Waals surface area contributed by atoms with E-state index in [-0.39, 0.29) is 25.6 Å². The molecule has 2 bridgehead atoms. The molecule has 12 heavy (non-hydrogen) atoms. The zero-order chi connectivity index (χ0) is 8.82. The van der Waals surface area contributed by atoms with E-state index in [1.54, 1.807) is 0 Å². The van der Waals surface area contributed by atoms with E-state index >= 15 is 0 Å². The van der Waals surface area contributed by atoms with E-state index in [1.165, 1.54) is 6.92 Å². The monoisotopic (exact) mass is 192 g/mol. The molecular weight excluding hydrogens is 183 g/mol. The minimum atomic E-state index is -3.26. The molecule has 0 atom stereocenters. The van der Waals surface area contributed by atoms with Crippen LogP contribution in [0.2, 0.25) is 0 Å². The highest BCUT2D eigenvalue weighted by molar-refractivity contribution is 7.48. The van der Waals surface area contributed by atoms with Crippen LogP contribution in [0.5, 0.6) is 0 Å². The van der Waals surface area contributed by atoms with Gasteiger partial charge in [0.05, 0.1) is 19.8 Å². The number of phosphoric acid groups is 1. The fraction of sp³-hybridized carbons (Fsp3) is 0.833. The Morgan fingerprint density at radius 2 is 1.67 bits per heavy atom. The fourth-order valence-corrected chi connectivity index (χ4v) is 2.59. The lowest BCUT2D eigenvalue weighted by molar-refractivity contribution is -0.147. The molecule has 3 heterocycles. The van der Waals surface area contributed by atoms with Crippen LogP contribution in [0, 0.1) is 5.41 Å². The number of carbonyl (C=O) groups excluding carboxylic acids is 1. The van der Waals surface area contributed by atoms with Crippen LogP contribution < -0.4 is 0 Å². The van der Waals surface area contributed by atoms with Crippen LogP contribution in [-0.2, 0) is 22.9 Å². The van der Waals surface area contributed by atoms with E-state index < -0.39 is 13.2 Å². The molecule has 3 aliphatic heterocycles. The number of rotatable bonds is 1. The Balaban J connectivity index is 2.25. The highest BCUT2D eigenvalue weighted by atomic mass is 31.2. The molecule has 0 radical (unpaired) electrons. The maximum atomic E-state index is 11.2. The lowest BCUT2D eigenvalue weighted by atomic mass is 9.87. The van der Waals surface area contributed by atoms with Crippen molar-refractivity contribution in [2.45, 2.75) is 6.92 Å². The summed E-state index contributed by atoms with van der Waals surface area (Å²) in [4.78, 5) is 11.2. The number of fused-ring (bicyclic) bond motifs is 3. The first-order chi connectivity index (χ1) is 5.56. The van der Waals surface area contributed by atoms with Crippen LogP contribution in [0.1, 0.15) is 6.92 Å². The summed E-state index contributed by atoms with van der Waals surface area (Å²) in [5.41, 5.74) is -0.716. The molecule has 3 fully saturated rings. The van der Waals surface area contributed by atoms with Gasteiger partial charge in [-0.2, -0.15) is 0 Å². The number of carbonyl (C=O) groups is 1. The van der Waals surface area contributed by atoms with E-state index in [9.17, 15) is 9.36 Å². The van der Waals surface area contributed by atoms with Crippen molar-refractivity contribution in [1.29, 1.82) is 0 Å². The summed E-state index contributed by atoms with van der Waals surface area (Å²) < 4.78 is 25.7. The summed E-state index contributed by atoms with van der Waals surface area (Å²) in [6.07, 6.45) is 0. The highest BCUT2D eigenvalue weighted by Crippen LogP contribution is 2.60. The van der Waals surface area contributed by atoms with Gasteiger partial charge in [-0.1, -0.05) is 0 Å². The summed E-state index contributed by atoms with van der Waals surface area (Å²) in [7, 11) is -3.26. The topological polar surface area (TPSA) is 61.8 Å². The van der Waals surface area contributed by atoms with E-state index in [4.69, 9.17) is 13.6 Å². The summed E-state index contributed by atoms with van der Waals surface area (Å²) in [5, 5.41) is 0. The van der Waals surface area contributed by atoms with Crippen molar-refractivity contribution in [1.82, 2.24) is 0 Å². The first-order valence-corrected chi connectivity index (χ1v) is 5.07. The van der Waals surface area contributed by atoms with Crippen molar-refractivity contribution in [3.63, 3.8) is 0 Å². The molecule has 68 valence electrons. The lowest BCUT2D eigenvalue weighted by Gasteiger charge is -2.42. The molecule has 0 spiro atoms. The smallest absolute Gasteiger partial charge is 0.299 e. The zero-order valence-corrected chi connectivity index (χ0v) is 7.50. The maximum Gasteiger partial charge on any atom is 0.474 e. The number of hydrogen-bond acceptors (Lipinski definition) is 5. The molecule has 0 aromatic rings. The van der Waals surface area contributed by atoms with E-state index in [0.29, 0.717) is 0 Å². The first-order valence-electron chi connectivity index (χ1n) is 3.61. The summed E-state index contributed by atoms with van der Waals surface area (Å²) in [5.74, 6) is -0.0477. The van der Waals surface area contributed by atoms with Gasteiger partial charge in [-0.25, -0.2) is 4.57 Å². The molecule has 0 unspecified atom stereocenters. The van der Waals surface area contributed by atoms with Crippen LogP contribution >= 0.6 is 7.82 Å². The molecule has 6 heteroatoms. The van der Waals surface area contributed by atoms with Crippen molar-refractivity contribution >= 4 is 13.6 Å². The SMILES string of the molecule is CC(=O)C12COP(=O)(OC1)OC2. The number of phosphoric ester groups is 1. The van der Waals surface area contributed by atoms with Gasteiger partial charge in [0.2, 0.25) is 0 Å². The van der Waals surface area contributed by atoms with Crippen LogP contribution in [0.15, 0.2) is 0 Å². The van der Waals surface area contributed by atoms with Gasteiger partial charge in [0, 0.05) is 0 Å². The van der Waals surface area contributed by atoms with Gasteiger partial charge >= 0.3 is 7.82 Å². The second kappa shape index (κ2) is 2.39. The molecule has 0 N–H and O–H groups in total. The molecule has 3 aliphatic rings. The second-order valence-corrected chi connectivity index (χ2v) is 4.77. The van der Waals surface area contributed by atoms with Crippen molar-refractivity contribution in [3.8, 4) is 0 Å².